The number of aliphatic hydroxyl groups is 3. The molecule has 0 aromatic heterocycles. The van der Waals surface area contributed by atoms with Crippen LogP contribution in [0.2, 0.25) is 5.02 Å². The fourth-order valence-corrected chi connectivity index (χ4v) is 9.00. The van der Waals surface area contributed by atoms with E-state index in [0.717, 1.165) is 5.57 Å². The number of rotatable bonds is 8. The Bertz CT molecular complexity index is 1620. The number of methoxy groups -OCH3 is 1. The largest absolute Gasteiger partial charge is 0.495 e. The molecule has 4 bridgehead atoms. The standard InChI is InChI=1S/C34H45ClIN3O11S2/c1-18-9-8-10-25(40)33(45)16-24(48-31(44)37-33)19(2)29-32(4,49-29)34(46,50-30(43)20(3)38(5)26(41)11-12-51-52-36)17-27(42)39(6)22-14-21(13-18)15-23(47-7)28(22)35/h8-10,14-15,19-20,24-25,29,40,45-46H,11-13,16-17H2,1-7H3,(H,37,44)/b10-8+,18-9+/t19-,20+,24?,25-,29?,32?,33+,34+/m1/s1. The van der Waals surface area contributed by atoms with Crippen LogP contribution in [0, 0.1) is 5.92 Å². The van der Waals surface area contributed by atoms with Gasteiger partial charge in [0, 0.05) is 59.8 Å². The number of anilines is 1. The first-order chi connectivity index (χ1) is 24.3. The molecule has 2 fully saturated rings. The zero-order valence-corrected chi connectivity index (χ0v) is 34.4. The minimum Gasteiger partial charge on any atom is -0.495 e. The number of hydrogen-bond donors (Lipinski definition) is 4. The predicted molar refractivity (Wildman–Crippen MR) is 206 cm³/mol. The van der Waals surface area contributed by atoms with Crippen molar-refractivity contribution in [2.75, 3.05) is 31.9 Å². The number of nitrogens with zero attached hydrogens (tertiary/aromatic N) is 2. The van der Waals surface area contributed by atoms with Crippen LogP contribution in [0.15, 0.2) is 35.9 Å². The molecule has 4 N–H and O–H groups in total. The summed E-state index contributed by atoms with van der Waals surface area (Å²) in [5.41, 5.74) is -2.07. The van der Waals surface area contributed by atoms with Crippen molar-refractivity contribution in [2.45, 2.75) is 94.8 Å². The van der Waals surface area contributed by atoms with Crippen LogP contribution >= 0.6 is 51.6 Å². The van der Waals surface area contributed by atoms with Gasteiger partial charge in [-0.05, 0) is 52.9 Å². The summed E-state index contributed by atoms with van der Waals surface area (Å²) in [4.78, 5) is 55.7. The van der Waals surface area contributed by atoms with E-state index in [4.69, 9.17) is 30.5 Å². The average Bonchev–Trinajstić information content (AvgIpc) is 3.79. The second-order valence-corrected chi connectivity index (χ2v) is 19.0. The van der Waals surface area contributed by atoms with Gasteiger partial charge in [-0.3, -0.25) is 14.9 Å². The van der Waals surface area contributed by atoms with Gasteiger partial charge < -0.3 is 44.1 Å². The normalized spacial score (nSPS) is 33.0. The minimum atomic E-state index is -2.62. The number of nitrogens with one attached hydrogen (secondary N) is 1. The lowest BCUT2D eigenvalue weighted by Crippen LogP contribution is -2.63. The van der Waals surface area contributed by atoms with Crippen LogP contribution in [0.25, 0.3) is 0 Å². The number of amides is 3. The van der Waals surface area contributed by atoms with Crippen molar-refractivity contribution in [1.82, 2.24) is 10.2 Å². The van der Waals surface area contributed by atoms with Crippen LogP contribution in [-0.2, 0) is 35.0 Å². The van der Waals surface area contributed by atoms with Gasteiger partial charge in [-0.2, -0.15) is 0 Å². The molecule has 3 heterocycles. The minimum absolute atomic E-state index is 0.126. The van der Waals surface area contributed by atoms with Gasteiger partial charge in [0.2, 0.25) is 11.8 Å². The van der Waals surface area contributed by atoms with Crippen molar-refractivity contribution in [1.29, 1.82) is 0 Å². The number of allylic oxidation sites excluding steroid dienone is 3. The lowest BCUT2D eigenvalue weighted by atomic mass is 9.82. The topological polar surface area (TPSA) is 188 Å². The lowest BCUT2D eigenvalue weighted by Gasteiger charge is -2.41. The molecule has 0 aliphatic carbocycles. The molecule has 4 rings (SSSR count). The molecule has 0 radical (unpaired) electrons. The van der Waals surface area contributed by atoms with Gasteiger partial charge in [0.1, 0.15) is 29.0 Å². The summed E-state index contributed by atoms with van der Waals surface area (Å²) in [6.45, 7) is 6.38. The van der Waals surface area contributed by atoms with Gasteiger partial charge in [-0.1, -0.05) is 53.1 Å². The highest BCUT2D eigenvalue weighted by atomic mass is 127. The number of alkyl carbamates (subject to hydrolysis) is 1. The molecule has 1 aromatic carbocycles. The fraction of sp³-hybridized carbons (Fsp3) is 0.588. The van der Waals surface area contributed by atoms with Crippen molar-refractivity contribution in [3.8, 4) is 5.75 Å². The number of halogens is 2. The first-order valence-corrected chi connectivity index (χ1v) is 21.7. The quantitative estimate of drug-likeness (QED) is 0.0724. The second kappa shape index (κ2) is 17.0. The molecule has 0 saturated carbocycles. The third-order valence-electron chi connectivity index (χ3n) is 9.89. The van der Waals surface area contributed by atoms with Crippen molar-refractivity contribution < 1.29 is 53.4 Å². The number of fused-ring (bicyclic) bond motifs is 5. The van der Waals surface area contributed by atoms with Gasteiger partial charge in [-0.15, -0.1) is 0 Å². The second-order valence-electron chi connectivity index (χ2n) is 13.5. The first kappa shape index (κ1) is 42.5. The summed E-state index contributed by atoms with van der Waals surface area (Å²) in [5, 5.41) is 37.2. The number of aliphatic hydroxyl groups excluding tert-OH is 1. The number of hydrogen-bond acceptors (Lipinski definition) is 13. The molecule has 3 unspecified atom stereocenters. The summed E-state index contributed by atoms with van der Waals surface area (Å²) in [6, 6.07) is 2.25. The summed E-state index contributed by atoms with van der Waals surface area (Å²) in [6.07, 6.45) is -0.475. The highest BCUT2D eigenvalue weighted by Gasteiger charge is 2.71. The smallest absolute Gasteiger partial charge is 0.409 e. The van der Waals surface area contributed by atoms with E-state index < -0.39 is 71.8 Å². The molecule has 3 amide bonds. The maximum atomic E-state index is 14.1. The molecular weight excluding hydrogens is 853 g/mol. The van der Waals surface area contributed by atoms with E-state index in [-0.39, 0.29) is 35.2 Å². The van der Waals surface area contributed by atoms with Gasteiger partial charge in [0.05, 0.1) is 25.3 Å². The number of carbonyl (C=O) groups excluding carboxylic acids is 4. The Morgan fingerprint density at radius 2 is 1.98 bits per heavy atom. The van der Waals surface area contributed by atoms with E-state index >= 15 is 0 Å². The van der Waals surface area contributed by atoms with E-state index in [1.165, 1.54) is 69.7 Å². The van der Waals surface area contributed by atoms with E-state index in [1.54, 1.807) is 31.2 Å². The van der Waals surface area contributed by atoms with Crippen LogP contribution < -0.4 is 15.0 Å². The first-order valence-electron chi connectivity index (χ1n) is 16.5. The third-order valence-corrected chi connectivity index (χ3v) is 13.8. The summed E-state index contributed by atoms with van der Waals surface area (Å²) in [7, 11) is 7.30. The van der Waals surface area contributed by atoms with Gasteiger partial charge >= 0.3 is 12.1 Å². The fourth-order valence-electron chi connectivity index (χ4n) is 6.31. The Morgan fingerprint density at radius 1 is 1.29 bits per heavy atom. The van der Waals surface area contributed by atoms with Crippen LogP contribution in [0.1, 0.15) is 52.5 Å². The van der Waals surface area contributed by atoms with Crippen molar-refractivity contribution in [2.24, 2.45) is 5.92 Å². The molecule has 1 aromatic rings. The van der Waals surface area contributed by atoms with Crippen molar-refractivity contribution >= 4 is 81.1 Å². The molecule has 0 spiro atoms. The van der Waals surface area contributed by atoms with Gasteiger partial charge in [0.15, 0.2) is 11.3 Å². The molecule has 14 nitrogen and oxygen atoms in total. The van der Waals surface area contributed by atoms with Crippen molar-refractivity contribution in [3.05, 3.63) is 46.5 Å². The van der Waals surface area contributed by atoms with E-state index in [2.05, 4.69) is 26.5 Å². The molecule has 2 saturated heterocycles. The Morgan fingerprint density at radius 3 is 2.63 bits per heavy atom. The Hall–Kier alpha value is -2.26. The number of carbonyl (C=O) groups is 4. The number of esters is 1. The molecule has 288 valence electrons. The molecule has 8 atom stereocenters. The van der Waals surface area contributed by atoms with Crippen LogP contribution in [0.5, 0.6) is 5.75 Å². The molecular formula is C34H45ClIN3O11S2. The highest BCUT2D eigenvalue weighted by Crippen LogP contribution is 2.53. The number of ether oxygens (including phenoxy) is 4. The van der Waals surface area contributed by atoms with E-state index in [9.17, 15) is 34.5 Å². The predicted octanol–water partition coefficient (Wildman–Crippen LogP) is 4.30. The molecule has 3 aliphatic rings. The lowest BCUT2D eigenvalue weighted by molar-refractivity contribution is -0.238. The number of likely N-dealkylation sites (N-methyl/N-ethyl adjacent to an activating group) is 1. The Kier molecular flexibility index (Phi) is 13.9. The van der Waals surface area contributed by atoms with Crippen LogP contribution in [0.3, 0.4) is 0 Å². The monoisotopic (exact) mass is 897 g/mol. The van der Waals surface area contributed by atoms with Crippen molar-refractivity contribution in [3.63, 3.8) is 0 Å². The van der Waals surface area contributed by atoms with E-state index in [1.807, 2.05) is 6.92 Å². The Labute approximate surface area is 327 Å². The number of benzene rings is 1. The molecule has 3 aliphatic heterocycles. The van der Waals surface area contributed by atoms with Gasteiger partial charge in [0.25, 0.3) is 5.79 Å². The van der Waals surface area contributed by atoms with Crippen LogP contribution in [0.4, 0.5) is 10.5 Å². The average molecular weight is 898 g/mol. The summed E-state index contributed by atoms with van der Waals surface area (Å²) >= 11 is 8.80. The number of epoxide rings is 1. The maximum absolute atomic E-state index is 14.1. The maximum Gasteiger partial charge on any atom is 0.409 e. The molecule has 18 heteroatoms. The SMILES string of the molecule is COc1cc2cc(c1Cl)N(C)C(=O)C[C@](O)(OC(=O)[C@H](C)N(C)C(=O)CCSSI)C1(C)OC1[C@H](C)C1C[C@@](O)(NC(=O)O1)[C@H](O)/C=C/C=C(\C)C2. The Balaban J connectivity index is 1.77. The van der Waals surface area contributed by atoms with Crippen LogP contribution in [-0.4, -0.2) is 113 Å². The summed E-state index contributed by atoms with van der Waals surface area (Å²) < 4.78 is 22.8. The highest BCUT2D eigenvalue weighted by molar-refractivity contribution is 14.2. The molecule has 52 heavy (non-hydrogen) atoms. The summed E-state index contributed by atoms with van der Waals surface area (Å²) in [5.74, 6) is -4.59. The van der Waals surface area contributed by atoms with E-state index in [0.29, 0.717) is 17.7 Å². The zero-order valence-electron chi connectivity index (χ0n) is 29.9. The third kappa shape index (κ3) is 9.15. The zero-order chi connectivity index (χ0) is 38.8. The van der Waals surface area contributed by atoms with Gasteiger partial charge in [-0.25, -0.2) is 9.59 Å².